The van der Waals surface area contributed by atoms with Gasteiger partial charge in [-0.25, -0.2) is 0 Å². The van der Waals surface area contributed by atoms with Gasteiger partial charge in [0.2, 0.25) is 29.5 Å². The van der Waals surface area contributed by atoms with Crippen LogP contribution >= 0.6 is 0 Å². The number of fused-ring (bicyclic) bond motifs is 4. The number of unbranched alkanes of at least 4 members (excludes halogenated alkanes) is 2. The zero-order chi connectivity index (χ0) is 73.4. The van der Waals surface area contributed by atoms with Crippen molar-refractivity contribution in [1.82, 2.24) is 46.4 Å². The lowest BCUT2D eigenvalue weighted by atomic mass is 9.99. The van der Waals surface area contributed by atoms with Crippen LogP contribution in [0.25, 0.3) is 21.8 Å². The number of nitrogens with one attached hydrogen (secondary N) is 8. The number of carbonyl (C=O) groups is 14. The first kappa shape index (κ1) is 72.6. The van der Waals surface area contributed by atoms with E-state index in [1.165, 1.54) is 36.7 Å². The molecule has 4 aliphatic heterocycles. The van der Waals surface area contributed by atoms with E-state index in [-0.39, 0.29) is 89.8 Å². The predicted octanol–water partition coefficient (Wildman–Crippen LogP) is 4.87. The summed E-state index contributed by atoms with van der Waals surface area (Å²) in [7, 11) is 0. The second-order valence-electron chi connectivity index (χ2n) is 24.0. The number of imide groups is 4. The number of aromatic nitrogens is 2. The molecule has 2 fully saturated rings. The summed E-state index contributed by atoms with van der Waals surface area (Å²) in [6, 6.07) is 35.9. The zero-order valence-electron chi connectivity index (χ0n) is 55.3. The summed E-state index contributed by atoms with van der Waals surface area (Å²) in [6.07, 6.45) is 6.37. The molecule has 8 aromatic rings. The van der Waals surface area contributed by atoms with Gasteiger partial charge in [0, 0.05) is 90.3 Å². The SMILES string of the molecule is NC(=O)c1cnc2ccccc2c1Nc1ccc(C(=O)NCCCCNC(=O)CCc2cccc3c2C(=O)N(C2CCC(=O)NC2=O)C3=O)cc1.NCCCCNC(=O)c1ccc(Nc2c(C(N)=O)cnc3ccccc23)cc1.O=C(O)CNc1cccc2c1C(=O)N(C1CCC(=O)NC1=O)C2=O. The second-order valence-corrected chi connectivity index (χ2v) is 24.0. The molecule has 4 aliphatic rings. The number of carboxylic acids is 1. The molecule has 15 N–H and O–H groups in total. The van der Waals surface area contributed by atoms with Crippen molar-refractivity contribution in [2.75, 3.05) is 48.7 Å². The van der Waals surface area contributed by atoms with Gasteiger partial charge >= 0.3 is 5.97 Å². The summed E-state index contributed by atoms with van der Waals surface area (Å²) in [4.78, 5) is 181. The monoisotopic (exact) mass is 1400 g/mol. The molecule has 13 amide bonds. The third-order valence-electron chi connectivity index (χ3n) is 17.1. The van der Waals surface area contributed by atoms with Crippen LogP contribution < -0.4 is 59.7 Å². The van der Waals surface area contributed by atoms with E-state index >= 15 is 0 Å². The number of nitrogens with zero attached hydrogens (tertiary/aromatic N) is 4. The maximum Gasteiger partial charge on any atom is 0.322 e. The highest BCUT2D eigenvalue weighted by Crippen LogP contribution is 2.35. The molecule has 0 aliphatic carbocycles. The van der Waals surface area contributed by atoms with Crippen LogP contribution in [-0.2, 0) is 35.2 Å². The molecule has 528 valence electrons. The van der Waals surface area contributed by atoms with Gasteiger partial charge in [-0.1, -0.05) is 54.6 Å². The van der Waals surface area contributed by atoms with E-state index < -0.39 is 83.7 Å². The van der Waals surface area contributed by atoms with Crippen molar-refractivity contribution < 1.29 is 72.2 Å². The van der Waals surface area contributed by atoms with Crippen LogP contribution in [0.3, 0.4) is 0 Å². The Morgan fingerprint density at radius 1 is 0.515 bits per heavy atom. The third kappa shape index (κ3) is 17.1. The Labute approximate surface area is 587 Å². The molecule has 0 spiro atoms. The van der Waals surface area contributed by atoms with E-state index in [1.807, 2.05) is 48.5 Å². The standard InChI is InChI=1S/C37H35N7O7.C21H23N5O2.C15H13N3O6/c38-33(47)26-20-41-27-9-2-1-7-24(27)32(26)42-23-13-10-22(11-14-23)34(48)40-19-4-3-18-39-29(45)16-12-21-6-5-8-25-31(21)37(51)44(36(25)50)28-15-17-30(46)43-35(28)49;22-11-3-4-12-24-21(28)14-7-9-15(10-8-14)26-19-16-5-1-2-6-18(16)25-13-17(19)20(23)27;19-10-5-4-9(13(22)17-10)18-14(23)7-2-1-3-8(12(7)15(18)24)16-6-11(20)21/h1-2,5-11,13-14,20,28H,3-4,12,15-19H2,(H2,38,47)(H,39,45)(H,40,48)(H,41,42)(H,43,46,49);1-2,5-10,13H,3-4,11-12,22H2,(H2,23,27)(H,24,28)(H,25,26);1-3,9,16H,4-6H2,(H,20,21)(H,17,19,22). The highest BCUT2D eigenvalue weighted by atomic mass is 16.4. The minimum atomic E-state index is -1.12. The summed E-state index contributed by atoms with van der Waals surface area (Å²) in [5.74, 6) is -7.68. The molecule has 2 unspecified atom stereocenters. The quantitative estimate of drug-likeness (QED) is 0.0268. The number of piperidine rings is 2. The number of aryl methyl sites for hydroxylation is 1. The van der Waals surface area contributed by atoms with E-state index in [0.717, 1.165) is 44.6 Å². The lowest BCUT2D eigenvalue weighted by Crippen LogP contribution is -2.54. The summed E-state index contributed by atoms with van der Waals surface area (Å²) in [5.41, 5.74) is 23.3. The van der Waals surface area contributed by atoms with Crippen LogP contribution in [0.1, 0.15) is 146 Å². The maximum absolute atomic E-state index is 13.3. The first-order valence-corrected chi connectivity index (χ1v) is 32.9. The van der Waals surface area contributed by atoms with Gasteiger partial charge in [-0.2, -0.15) is 0 Å². The van der Waals surface area contributed by atoms with Gasteiger partial charge in [-0.3, -0.25) is 97.5 Å². The second kappa shape index (κ2) is 33.2. The number of nitrogens with two attached hydrogens (primary N) is 3. The summed E-state index contributed by atoms with van der Waals surface area (Å²) in [6.45, 7) is 1.58. The molecule has 6 aromatic carbocycles. The van der Waals surface area contributed by atoms with Crippen LogP contribution in [0.2, 0.25) is 0 Å². The molecule has 0 radical (unpaired) electrons. The number of carboxylic acid groups (broad SMARTS) is 1. The van der Waals surface area contributed by atoms with Gasteiger partial charge in [0.05, 0.1) is 55.8 Å². The number of pyridine rings is 2. The molecule has 2 saturated heterocycles. The number of amides is 13. The van der Waals surface area contributed by atoms with Crippen LogP contribution in [0.5, 0.6) is 0 Å². The van der Waals surface area contributed by atoms with Crippen molar-refractivity contribution in [3.63, 3.8) is 0 Å². The van der Waals surface area contributed by atoms with Gasteiger partial charge in [-0.15, -0.1) is 0 Å². The Hall–Kier alpha value is -13.1. The molecule has 103 heavy (non-hydrogen) atoms. The topological polar surface area (TPSA) is 466 Å². The Morgan fingerprint density at radius 3 is 1.43 bits per heavy atom. The molecular formula is C73H71N15O15. The van der Waals surface area contributed by atoms with E-state index in [4.69, 9.17) is 22.3 Å². The molecule has 0 saturated carbocycles. The van der Waals surface area contributed by atoms with Gasteiger partial charge in [0.25, 0.3) is 47.3 Å². The van der Waals surface area contributed by atoms with E-state index in [2.05, 4.69) is 52.5 Å². The molecule has 30 nitrogen and oxygen atoms in total. The first-order valence-electron chi connectivity index (χ1n) is 32.9. The van der Waals surface area contributed by atoms with Crippen LogP contribution in [-0.4, -0.2) is 152 Å². The van der Waals surface area contributed by atoms with Gasteiger partial charge in [-0.05, 0) is 136 Å². The molecule has 6 heterocycles. The average Bonchev–Trinajstić information content (AvgIpc) is 1.63. The Balaban J connectivity index is 0.000000184. The lowest BCUT2D eigenvalue weighted by molar-refractivity contribution is -0.137. The molecule has 2 atom stereocenters. The molecular weight excluding hydrogens is 1330 g/mol. The average molecular weight is 1400 g/mol. The smallest absolute Gasteiger partial charge is 0.322 e. The van der Waals surface area contributed by atoms with Gasteiger partial charge in [0.15, 0.2) is 0 Å². The van der Waals surface area contributed by atoms with Crippen molar-refractivity contribution in [3.8, 4) is 0 Å². The number of rotatable bonds is 25. The number of para-hydroxylation sites is 2. The molecule has 0 bridgehead atoms. The molecule has 12 rings (SSSR count). The van der Waals surface area contributed by atoms with Crippen LogP contribution in [0.4, 0.5) is 28.4 Å². The van der Waals surface area contributed by atoms with E-state index in [9.17, 15) is 67.1 Å². The summed E-state index contributed by atoms with van der Waals surface area (Å²) in [5, 5.41) is 32.2. The summed E-state index contributed by atoms with van der Waals surface area (Å²) >= 11 is 0. The Morgan fingerprint density at radius 2 is 0.961 bits per heavy atom. The fraction of sp³-hybridized carbons (Fsp3) is 0.233. The molecule has 2 aromatic heterocycles. The molecule has 30 heteroatoms. The van der Waals surface area contributed by atoms with Crippen LogP contribution in [0.15, 0.2) is 146 Å². The fourth-order valence-electron chi connectivity index (χ4n) is 11.9. The number of anilines is 5. The van der Waals surface area contributed by atoms with Gasteiger partial charge < -0.3 is 54.2 Å². The number of hydrogen-bond acceptors (Lipinski definition) is 20. The van der Waals surface area contributed by atoms with Crippen molar-refractivity contribution >= 4 is 133 Å². The zero-order valence-corrected chi connectivity index (χ0v) is 55.3. The Kier molecular flexibility index (Phi) is 23.4. The number of aliphatic carboxylic acids is 1. The lowest BCUT2D eigenvalue weighted by Gasteiger charge is -2.27. The number of benzene rings is 6. The normalized spacial score (nSPS) is 15.2. The van der Waals surface area contributed by atoms with Crippen LogP contribution in [0, 0.1) is 0 Å². The van der Waals surface area contributed by atoms with Gasteiger partial charge in [0.1, 0.15) is 18.6 Å². The minimum Gasteiger partial charge on any atom is -0.480 e. The highest BCUT2D eigenvalue weighted by molar-refractivity contribution is 6.26. The van der Waals surface area contributed by atoms with E-state index in [0.29, 0.717) is 83.9 Å². The Bertz CT molecular complexity index is 4740. The van der Waals surface area contributed by atoms with E-state index in [1.54, 1.807) is 60.7 Å². The van der Waals surface area contributed by atoms with Crippen molar-refractivity contribution in [2.24, 2.45) is 17.2 Å². The van der Waals surface area contributed by atoms with Crippen molar-refractivity contribution in [3.05, 3.63) is 196 Å². The predicted molar refractivity (Wildman–Crippen MR) is 376 cm³/mol. The minimum absolute atomic E-state index is 0.0313. The number of hydrogen-bond donors (Lipinski definition) is 12. The third-order valence-corrected chi connectivity index (χ3v) is 17.1. The first-order chi connectivity index (χ1) is 49.6. The highest BCUT2D eigenvalue weighted by Gasteiger charge is 2.47. The summed E-state index contributed by atoms with van der Waals surface area (Å²) < 4.78 is 0. The largest absolute Gasteiger partial charge is 0.480 e. The fourth-order valence-corrected chi connectivity index (χ4v) is 11.9. The number of primary amides is 2. The van der Waals surface area contributed by atoms with Crippen molar-refractivity contribution in [1.29, 1.82) is 0 Å². The number of carbonyl (C=O) groups excluding carboxylic acids is 13. The van der Waals surface area contributed by atoms with Crippen molar-refractivity contribution in [2.45, 2.75) is 76.3 Å². The maximum atomic E-state index is 13.3.